The average molecular weight is 371 g/mol. The fraction of sp³-hybridized carbons (Fsp3) is 0.619. The number of amides is 2. The van der Waals surface area contributed by atoms with E-state index in [1.165, 1.54) is 25.7 Å². The number of hydrogen-bond acceptors (Lipinski definition) is 3. The van der Waals surface area contributed by atoms with Crippen LogP contribution in [0.15, 0.2) is 18.2 Å². The van der Waals surface area contributed by atoms with E-state index in [0.717, 1.165) is 23.4 Å². The van der Waals surface area contributed by atoms with Gasteiger partial charge in [-0.15, -0.1) is 0 Å². The first-order valence-electron chi connectivity index (χ1n) is 10.00. The smallest absolute Gasteiger partial charge is 0.321 e. The van der Waals surface area contributed by atoms with Crippen molar-refractivity contribution in [3.63, 3.8) is 0 Å². The van der Waals surface area contributed by atoms with Gasteiger partial charge in [-0.2, -0.15) is 0 Å². The molecule has 4 rings (SSSR count). The van der Waals surface area contributed by atoms with Crippen LogP contribution in [0.4, 0.5) is 10.5 Å². The first kappa shape index (κ1) is 18.3. The molecule has 1 saturated carbocycles. The molecule has 0 radical (unpaired) electrons. The van der Waals surface area contributed by atoms with E-state index < -0.39 is 11.4 Å². The summed E-state index contributed by atoms with van der Waals surface area (Å²) in [5.74, 6) is -0.741. The molecule has 2 atom stereocenters. The van der Waals surface area contributed by atoms with Crippen molar-refractivity contribution in [3.8, 4) is 0 Å². The molecule has 2 N–H and O–H groups in total. The molecule has 0 spiro atoms. The minimum absolute atomic E-state index is 0.0138. The van der Waals surface area contributed by atoms with Crippen LogP contribution in [0, 0.1) is 25.2 Å². The molecule has 1 aromatic rings. The first-order chi connectivity index (χ1) is 12.9. The van der Waals surface area contributed by atoms with Crippen molar-refractivity contribution < 1.29 is 14.7 Å². The summed E-state index contributed by atoms with van der Waals surface area (Å²) in [5, 5.41) is 13.0. The zero-order valence-corrected chi connectivity index (χ0v) is 16.2. The number of nitrogens with zero attached hydrogens (tertiary/aromatic N) is 2. The summed E-state index contributed by atoms with van der Waals surface area (Å²) in [6.07, 6.45) is 4.85. The molecule has 3 aliphatic rings. The third-order valence-electron chi connectivity index (χ3n) is 6.82. The van der Waals surface area contributed by atoms with Crippen LogP contribution < -0.4 is 5.32 Å². The van der Waals surface area contributed by atoms with Crippen molar-refractivity contribution in [1.29, 1.82) is 0 Å². The number of anilines is 1. The van der Waals surface area contributed by atoms with Crippen LogP contribution in [0.3, 0.4) is 0 Å². The lowest BCUT2D eigenvalue weighted by Gasteiger charge is -2.29. The number of aliphatic carboxylic acids is 1. The van der Waals surface area contributed by atoms with Crippen LogP contribution in [0.5, 0.6) is 0 Å². The summed E-state index contributed by atoms with van der Waals surface area (Å²) in [7, 11) is 0. The number of carbonyl (C=O) groups excluding carboxylic acids is 1. The Labute approximate surface area is 160 Å². The highest BCUT2D eigenvalue weighted by Crippen LogP contribution is 2.45. The molecule has 6 heteroatoms. The number of carboxylic acid groups (broad SMARTS) is 1. The second-order valence-corrected chi connectivity index (χ2v) is 8.65. The standard InChI is InChI=1S/C21H29N3O3/c1-14-7-8-15(2)18(9-14)22-20(27)24-11-16-10-23(17-5-3-4-6-17)12-21(16,13-24)19(25)26/h7-9,16-17H,3-6,10-13H2,1-2H3,(H,22,27)(H,25,26)/t16-,21-/m0/s1. The molecule has 2 amide bonds. The van der Waals surface area contributed by atoms with Gasteiger partial charge in [-0.05, 0) is 43.9 Å². The molecular weight excluding hydrogens is 342 g/mol. The van der Waals surface area contributed by atoms with Gasteiger partial charge >= 0.3 is 12.0 Å². The molecule has 3 fully saturated rings. The number of fused-ring (bicyclic) bond motifs is 1. The summed E-state index contributed by atoms with van der Waals surface area (Å²) >= 11 is 0. The first-order valence-corrected chi connectivity index (χ1v) is 10.00. The van der Waals surface area contributed by atoms with E-state index in [1.807, 2.05) is 32.0 Å². The number of urea groups is 1. The van der Waals surface area contributed by atoms with Crippen molar-refractivity contribution in [3.05, 3.63) is 29.3 Å². The number of aryl methyl sites for hydroxylation is 2. The van der Waals surface area contributed by atoms with E-state index in [1.54, 1.807) is 4.90 Å². The number of nitrogens with one attached hydrogen (secondary N) is 1. The number of benzene rings is 1. The third kappa shape index (κ3) is 3.20. The van der Waals surface area contributed by atoms with E-state index >= 15 is 0 Å². The van der Waals surface area contributed by atoms with Gasteiger partial charge in [-0.3, -0.25) is 9.69 Å². The Morgan fingerprint density at radius 3 is 2.56 bits per heavy atom. The number of hydrogen-bond donors (Lipinski definition) is 2. The molecule has 0 aromatic heterocycles. The van der Waals surface area contributed by atoms with Crippen molar-refractivity contribution in [2.45, 2.75) is 45.6 Å². The Kier molecular flexibility index (Phi) is 4.62. The van der Waals surface area contributed by atoms with Gasteiger partial charge < -0.3 is 15.3 Å². The summed E-state index contributed by atoms with van der Waals surface area (Å²) in [4.78, 5) is 29.1. The average Bonchev–Trinajstić information content (AvgIpc) is 3.31. The predicted octanol–water partition coefficient (Wildman–Crippen LogP) is 3.10. The topological polar surface area (TPSA) is 72.9 Å². The van der Waals surface area contributed by atoms with E-state index in [9.17, 15) is 14.7 Å². The fourth-order valence-corrected chi connectivity index (χ4v) is 5.17. The quantitative estimate of drug-likeness (QED) is 0.856. The zero-order valence-electron chi connectivity index (χ0n) is 16.2. The van der Waals surface area contributed by atoms with Crippen LogP contribution >= 0.6 is 0 Å². The maximum absolute atomic E-state index is 12.8. The normalized spacial score (nSPS) is 28.5. The molecule has 0 bridgehead atoms. The lowest BCUT2D eigenvalue weighted by atomic mass is 9.81. The molecular formula is C21H29N3O3. The number of carboxylic acids is 1. The summed E-state index contributed by atoms with van der Waals surface area (Å²) in [6, 6.07) is 6.30. The van der Waals surface area contributed by atoms with Gasteiger partial charge in [0.05, 0.1) is 0 Å². The van der Waals surface area contributed by atoms with Crippen molar-refractivity contribution in [2.24, 2.45) is 11.3 Å². The fourth-order valence-electron chi connectivity index (χ4n) is 5.17. The summed E-state index contributed by atoms with van der Waals surface area (Å²) in [6.45, 7) is 6.15. The Bertz CT molecular complexity index is 759. The SMILES string of the molecule is Cc1ccc(C)c(NC(=O)N2C[C@@H]3CN(C4CCCC4)C[C@]3(C(=O)O)C2)c1. The second kappa shape index (κ2) is 6.82. The lowest BCUT2D eigenvalue weighted by molar-refractivity contribution is -0.148. The Balaban J connectivity index is 1.47. The maximum Gasteiger partial charge on any atom is 0.321 e. The molecule has 0 unspecified atom stereocenters. The highest BCUT2D eigenvalue weighted by atomic mass is 16.4. The predicted molar refractivity (Wildman–Crippen MR) is 104 cm³/mol. The molecule has 2 aliphatic heterocycles. The van der Waals surface area contributed by atoms with Crippen molar-refractivity contribution in [2.75, 3.05) is 31.5 Å². The molecule has 6 nitrogen and oxygen atoms in total. The van der Waals surface area contributed by atoms with E-state index in [-0.39, 0.29) is 11.9 Å². The van der Waals surface area contributed by atoms with Gasteiger partial charge in [0.15, 0.2) is 0 Å². The number of rotatable bonds is 3. The van der Waals surface area contributed by atoms with Crippen LogP contribution in [0.25, 0.3) is 0 Å². The van der Waals surface area contributed by atoms with Crippen molar-refractivity contribution >= 4 is 17.7 Å². The molecule has 1 aliphatic carbocycles. The number of likely N-dealkylation sites (tertiary alicyclic amines) is 2. The largest absolute Gasteiger partial charge is 0.481 e. The Morgan fingerprint density at radius 2 is 1.89 bits per heavy atom. The van der Waals surface area contributed by atoms with E-state index in [2.05, 4.69) is 10.2 Å². The highest BCUT2D eigenvalue weighted by Gasteiger charge is 2.59. The van der Waals surface area contributed by atoms with Crippen molar-refractivity contribution in [1.82, 2.24) is 9.80 Å². The minimum atomic E-state index is -0.818. The Morgan fingerprint density at radius 1 is 1.15 bits per heavy atom. The third-order valence-corrected chi connectivity index (χ3v) is 6.82. The monoisotopic (exact) mass is 371 g/mol. The van der Waals surface area contributed by atoms with Gasteiger partial charge in [0, 0.05) is 43.8 Å². The Hall–Kier alpha value is -2.08. The molecule has 2 heterocycles. The van der Waals surface area contributed by atoms with Gasteiger partial charge in [-0.25, -0.2) is 4.79 Å². The van der Waals surface area contributed by atoms with Crippen LogP contribution in [-0.4, -0.2) is 59.1 Å². The highest BCUT2D eigenvalue weighted by molar-refractivity contribution is 5.91. The van der Waals surface area contributed by atoms with E-state index in [0.29, 0.717) is 25.7 Å². The van der Waals surface area contributed by atoms with Gasteiger partial charge in [-0.1, -0.05) is 25.0 Å². The molecule has 146 valence electrons. The van der Waals surface area contributed by atoms with Gasteiger partial charge in [0.2, 0.25) is 0 Å². The maximum atomic E-state index is 12.8. The molecule has 2 saturated heterocycles. The minimum Gasteiger partial charge on any atom is -0.481 e. The second-order valence-electron chi connectivity index (χ2n) is 8.65. The van der Waals surface area contributed by atoms with Gasteiger partial charge in [0.25, 0.3) is 0 Å². The van der Waals surface area contributed by atoms with E-state index in [4.69, 9.17) is 0 Å². The zero-order chi connectivity index (χ0) is 19.2. The summed E-state index contributed by atoms with van der Waals surface area (Å²) in [5.41, 5.74) is 2.08. The van der Waals surface area contributed by atoms with Gasteiger partial charge in [0.1, 0.15) is 5.41 Å². The van der Waals surface area contributed by atoms with Crippen LogP contribution in [0.2, 0.25) is 0 Å². The molecule has 1 aromatic carbocycles. The van der Waals surface area contributed by atoms with Crippen LogP contribution in [0.1, 0.15) is 36.8 Å². The van der Waals surface area contributed by atoms with Crippen LogP contribution in [-0.2, 0) is 4.79 Å². The lowest BCUT2D eigenvalue weighted by Crippen LogP contribution is -2.44. The summed E-state index contributed by atoms with van der Waals surface area (Å²) < 4.78 is 0. The molecule has 27 heavy (non-hydrogen) atoms. The number of carbonyl (C=O) groups is 2.